The maximum absolute atomic E-state index is 13.1. The lowest BCUT2D eigenvalue weighted by Crippen LogP contribution is -1.95. The second-order valence-corrected chi connectivity index (χ2v) is 10.9. The first-order valence-electron chi connectivity index (χ1n) is 5.34. The Morgan fingerprint density at radius 3 is 2.52 bits per heavy atom. The SMILES string of the molecule is N#Cc1cn(-c2ccc(Cl)cc2Cl)c(Br)c1S(Cl)(Cl)CF. The van der Waals surface area contributed by atoms with E-state index in [2.05, 4.69) is 15.9 Å². The Labute approximate surface area is 149 Å². The second kappa shape index (κ2) is 6.57. The van der Waals surface area contributed by atoms with E-state index in [-0.39, 0.29) is 10.5 Å². The third-order valence-electron chi connectivity index (χ3n) is 2.63. The van der Waals surface area contributed by atoms with Crippen LogP contribution in [0.15, 0.2) is 33.9 Å². The number of hydrogen-bond donors (Lipinski definition) is 0. The molecule has 112 valence electrons. The lowest BCUT2D eigenvalue weighted by Gasteiger charge is -2.21. The monoisotopic (exact) mass is 448 g/mol. The first-order valence-corrected chi connectivity index (χ1v) is 10.3. The Morgan fingerprint density at radius 2 is 2.00 bits per heavy atom. The van der Waals surface area contributed by atoms with E-state index in [4.69, 9.17) is 44.6 Å². The van der Waals surface area contributed by atoms with Crippen LogP contribution in [-0.4, -0.2) is 10.6 Å². The largest absolute Gasteiger partial charge is 0.307 e. The summed E-state index contributed by atoms with van der Waals surface area (Å²) in [4.78, 5) is 0.238. The lowest BCUT2D eigenvalue weighted by molar-refractivity contribution is 0.603. The Balaban J connectivity index is 2.71. The first kappa shape index (κ1) is 17.3. The molecule has 0 bridgehead atoms. The summed E-state index contributed by atoms with van der Waals surface area (Å²) in [6, 6.07) is 5.90. The van der Waals surface area contributed by atoms with Gasteiger partial charge in [0.2, 0.25) is 0 Å². The Hall–Kier alpha value is -0.0900. The molecule has 0 saturated carbocycles. The van der Waals surface area contributed by atoms with Gasteiger partial charge in [0.1, 0.15) is 16.7 Å². The van der Waals surface area contributed by atoms with E-state index in [0.29, 0.717) is 20.3 Å². The molecule has 0 N–H and O–H groups in total. The van der Waals surface area contributed by atoms with Crippen LogP contribution in [0.1, 0.15) is 5.56 Å². The van der Waals surface area contributed by atoms with Crippen LogP contribution < -0.4 is 0 Å². The first-order chi connectivity index (χ1) is 9.81. The fourth-order valence-corrected chi connectivity index (χ4v) is 5.94. The topological polar surface area (TPSA) is 28.7 Å². The smallest absolute Gasteiger partial charge is 0.148 e. The van der Waals surface area contributed by atoms with Gasteiger partial charge < -0.3 is 4.57 Å². The van der Waals surface area contributed by atoms with Gasteiger partial charge in [-0.15, -0.1) is 0 Å². The molecule has 0 radical (unpaired) electrons. The number of nitrogens with zero attached hydrogens (tertiary/aromatic N) is 2. The van der Waals surface area contributed by atoms with Crippen LogP contribution >= 0.6 is 69.0 Å². The van der Waals surface area contributed by atoms with Crippen molar-refractivity contribution in [3.63, 3.8) is 0 Å². The van der Waals surface area contributed by atoms with Crippen molar-refractivity contribution in [2.45, 2.75) is 4.90 Å². The van der Waals surface area contributed by atoms with Gasteiger partial charge in [-0.05, 0) is 63.9 Å². The summed E-state index contributed by atoms with van der Waals surface area (Å²) in [6.45, 7) is 0. The van der Waals surface area contributed by atoms with Crippen LogP contribution in [0.3, 0.4) is 0 Å². The molecule has 21 heavy (non-hydrogen) atoms. The quantitative estimate of drug-likeness (QED) is 0.504. The summed E-state index contributed by atoms with van der Waals surface area (Å²) < 4.78 is 15.1. The molecule has 0 saturated heterocycles. The maximum Gasteiger partial charge on any atom is 0.148 e. The molecule has 2 aromatic rings. The Kier molecular flexibility index (Phi) is 5.40. The minimum Gasteiger partial charge on any atom is -0.307 e. The zero-order valence-electron chi connectivity index (χ0n) is 10.1. The van der Waals surface area contributed by atoms with Crippen molar-refractivity contribution in [1.29, 1.82) is 5.26 Å². The molecule has 0 aliphatic rings. The molecule has 0 aliphatic heterocycles. The zero-order chi connectivity index (χ0) is 15.8. The maximum atomic E-state index is 13.1. The number of halogens is 6. The van der Waals surface area contributed by atoms with E-state index >= 15 is 0 Å². The number of aromatic nitrogens is 1. The van der Waals surface area contributed by atoms with Gasteiger partial charge in [-0.3, -0.25) is 0 Å². The van der Waals surface area contributed by atoms with Gasteiger partial charge in [0, 0.05) is 11.2 Å². The second-order valence-electron chi connectivity index (χ2n) is 3.92. The number of hydrogen-bond acceptors (Lipinski definition) is 1. The molecule has 1 aromatic carbocycles. The average Bonchev–Trinajstić information content (AvgIpc) is 2.76. The number of nitriles is 1. The normalized spacial score (nSPS) is 12.2. The average molecular weight is 451 g/mol. The zero-order valence-corrected chi connectivity index (χ0v) is 15.5. The lowest BCUT2D eigenvalue weighted by atomic mass is 10.3. The predicted molar refractivity (Wildman–Crippen MR) is 91.7 cm³/mol. The third-order valence-corrected chi connectivity index (χ3v) is 6.91. The summed E-state index contributed by atoms with van der Waals surface area (Å²) in [5.74, 6) is 0. The summed E-state index contributed by atoms with van der Waals surface area (Å²) in [6.07, 6.45) is 1.50. The van der Waals surface area contributed by atoms with Crippen molar-refractivity contribution < 1.29 is 4.39 Å². The van der Waals surface area contributed by atoms with Gasteiger partial charge in [0.25, 0.3) is 0 Å². The highest BCUT2D eigenvalue weighted by atomic mass is 79.9. The molecule has 0 spiro atoms. The minimum absolute atomic E-state index is 0.186. The summed E-state index contributed by atoms with van der Waals surface area (Å²) in [7, 11) is 9.29. The van der Waals surface area contributed by atoms with Crippen LogP contribution in [0.2, 0.25) is 10.0 Å². The van der Waals surface area contributed by atoms with Crippen molar-refractivity contribution in [1.82, 2.24) is 4.57 Å². The molecule has 0 aliphatic carbocycles. The number of benzene rings is 1. The van der Waals surface area contributed by atoms with Crippen LogP contribution in [0, 0.1) is 11.3 Å². The highest BCUT2D eigenvalue weighted by molar-refractivity contribution is 9.10. The van der Waals surface area contributed by atoms with E-state index in [0.717, 1.165) is 0 Å². The highest BCUT2D eigenvalue weighted by Gasteiger charge is 2.30. The van der Waals surface area contributed by atoms with Gasteiger partial charge in [0.05, 0.1) is 21.2 Å². The fourth-order valence-electron chi connectivity index (χ4n) is 1.74. The highest BCUT2D eigenvalue weighted by Crippen LogP contribution is 2.68. The molecule has 2 nitrogen and oxygen atoms in total. The fraction of sp³-hybridized carbons (Fsp3) is 0.0833. The summed E-state index contributed by atoms with van der Waals surface area (Å²) in [5, 5.41) is 10.1. The number of rotatable bonds is 3. The molecule has 0 unspecified atom stereocenters. The van der Waals surface area contributed by atoms with Crippen molar-refractivity contribution in [3.05, 3.63) is 44.6 Å². The van der Waals surface area contributed by atoms with Gasteiger partial charge >= 0.3 is 0 Å². The van der Waals surface area contributed by atoms with Crippen LogP contribution in [-0.2, 0) is 0 Å². The molecule has 9 heteroatoms. The molecular weight excluding hydrogens is 445 g/mol. The Bertz CT molecular complexity index is 742. The van der Waals surface area contributed by atoms with E-state index in [1.807, 2.05) is 6.07 Å². The molecule has 0 atom stereocenters. The third kappa shape index (κ3) is 3.31. The standard InChI is InChI=1S/C12H6BrCl4FN2S/c13-12-11(21(16,17)6-18)7(4-19)5-20(12)10-2-1-8(14)3-9(10)15/h1-3,5H,6H2. The van der Waals surface area contributed by atoms with E-state index in [1.54, 1.807) is 22.8 Å². The van der Waals surface area contributed by atoms with Crippen molar-refractivity contribution >= 4 is 69.0 Å². The molecule has 0 amide bonds. The van der Waals surface area contributed by atoms with Crippen molar-refractivity contribution in [2.24, 2.45) is 0 Å². The molecule has 0 fully saturated rings. The van der Waals surface area contributed by atoms with Gasteiger partial charge in [-0.25, -0.2) is 4.39 Å². The van der Waals surface area contributed by atoms with Gasteiger partial charge in [0.15, 0.2) is 0 Å². The Morgan fingerprint density at radius 1 is 1.33 bits per heavy atom. The summed E-state index contributed by atoms with van der Waals surface area (Å²) >= 11 is 15.3. The van der Waals surface area contributed by atoms with Crippen molar-refractivity contribution in [2.75, 3.05) is 6.01 Å². The van der Waals surface area contributed by atoms with E-state index in [9.17, 15) is 9.65 Å². The summed E-state index contributed by atoms with van der Waals surface area (Å²) in [5.41, 5.74) is 0.753. The van der Waals surface area contributed by atoms with E-state index < -0.39 is 14.5 Å². The molecule has 1 heterocycles. The van der Waals surface area contributed by atoms with E-state index in [1.165, 1.54) is 6.20 Å². The molecule has 1 aromatic heterocycles. The van der Waals surface area contributed by atoms with Crippen LogP contribution in [0.5, 0.6) is 0 Å². The van der Waals surface area contributed by atoms with Crippen molar-refractivity contribution in [3.8, 4) is 11.8 Å². The minimum atomic E-state index is -2.76. The molecular formula is C12H6BrCl4FN2S. The number of alkyl halides is 1. The molecule has 2 rings (SSSR count). The van der Waals surface area contributed by atoms with Gasteiger partial charge in [-0.1, -0.05) is 23.2 Å². The van der Waals surface area contributed by atoms with Crippen LogP contribution in [0.4, 0.5) is 4.39 Å². The van der Waals surface area contributed by atoms with Crippen LogP contribution in [0.25, 0.3) is 5.69 Å². The van der Waals surface area contributed by atoms with Gasteiger partial charge in [-0.2, -0.15) is 5.26 Å². The predicted octanol–water partition coefficient (Wildman–Crippen LogP) is 6.82.